The SMILES string of the molecule is CN(C(=O)c1c(C=O)cccc1NC(=O)c1ccc(CN2CCNCC2)cc1)C1CCC(=O)NC1=O. The molecule has 36 heavy (non-hydrogen) atoms. The molecule has 2 aliphatic rings. The van der Waals surface area contributed by atoms with Crippen LogP contribution in [0.1, 0.15) is 49.5 Å². The fourth-order valence-electron chi connectivity index (χ4n) is 4.46. The van der Waals surface area contributed by atoms with E-state index in [0.29, 0.717) is 11.8 Å². The average Bonchev–Trinajstić information content (AvgIpc) is 2.88. The molecule has 0 spiro atoms. The third-order valence-electron chi connectivity index (χ3n) is 6.52. The minimum atomic E-state index is -0.860. The number of imide groups is 1. The number of carbonyl (C=O) groups is 5. The zero-order valence-corrected chi connectivity index (χ0v) is 20.1. The summed E-state index contributed by atoms with van der Waals surface area (Å²) in [5.74, 6) is -1.99. The summed E-state index contributed by atoms with van der Waals surface area (Å²) >= 11 is 0. The first-order chi connectivity index (χ1) is 17.4. The van der Waals surface area contributed by atoms with Crippen LogP contribution in [0.5, 0.6) is 0 Å². The van der Waals surface area contributed by atoms with Crippen molar-refractivity contribution >= 4 is 35.6 Å². The highest BCUT2D eigenvalue weighted by molar-refractivity contribution is 6.13. The average molecular weight is 492 g/mol. The molecular weight excluding hydrogens is 462 g/mol. The molecule has 2 fully saturated rings. The Morgan fingerprint density at radius 1 is 1.11 bits per heavy atom. The Labute approximate surface area is 209 Å². The van der Waals surface area contributed by atoms with Crippen LogP contribution in [-0.4, -0.2) is 79.0 Å². The van der Waals surface area contributed by atoms with Gasteiger partial charge in [-0.1, -0.05) is 24.3 Å². The lowest BCUT2D eigenvalue weighted by Crippen LogP contribution is -2.53. The largest absolute Gasteiger partial charge is 0.330 e. The van der Waals surface area contributed by atoms with Crippen molar-refractivity contribution in [2.45, 2.75) is 25.4 Å². The van der Waals surface area contributed by atoms with Gasteiger partial charge in [-0.05, 0) is 30.2 Å². The Kier molecular flexibility index (Phi) is 7.87. The van der Waals surface area contributed by atoms with Gasteiger partial charge >= 0.3 is 0 Å². The van der Waals surface area contributed by atoms with E-state index in [9.17, 15) is 24.0 Å². The summed E-state index contributed by atoms with van der Waals surface area (Å²) in [4.78, 5) is 65.4. The van der Waals surface area contributed by atoms with E-state index in [2.05, 4.69) is 20.9 Å². The molecule has 2 saturated heterocycles. The zero-order valence-electron chi connectivity index (χ0n) is 20.1. The fourth-order valence-corrected chi connectivity index (χ4v) is 4.46. The van der Waals surface area contributed by atoms with Gasteiger partial charge < -0.3 is 15.5 Å². The van der Waals surface area contributed by atoms with E-state index in [1.54, 1.807) is 18.2 Å². The molecule has 3 N–H and O–H groups in total. The number of amides is 4. The minimum absolute atomic E-state index is 0.0108. The van der Waals surface area contributed by atoms with Crippen molar-refractivity contribution in [2.24, 2.45) is 0 Å². The molecule has 0 aliphatic carbocycles. The summed E-state index contributed by atoms with van der Waals surface area (Å²) in [6, 6.07) is 11.0. The van der Waals surface area contributed by atoms with Crippen LogP contribution in [0.4, 0.5) is 5.69 Å². The van der Waals surface area contributed by atoms with Crippen LogP contribution >= 0.6 is 0 Å². The van der Waals surface area contributed by atoms with Gasteiger partial charge in [0, 0.05) is 57.3 Å². The summed E-state index contributed by atoms with van der Waals surface area (Å²) in [5, 5.41) is 8.29. The van der Waals surface area contributed by atoms with Crippen molar-refractivity contribution in [2.75, 3.05) is 38.5 Å². The van der Waals surface area contributed by atoms with Crippen molar-refractivity contribution in [3.8, 4) is 0 Å². The summed E-state index contributed by atoms with van der Waals surface area (Å²) in [7, 11) is 1.44. The first-order valence-corrected chi connectivity index (χ1v) is 11.9. The molecule has 10 heteroatoms. The molecule has 2 aliphatic heterocycles. The fraction of sp³-hybridized carbons (Fsp3) is 0.346. The van der Waals surface area contributed by atoms with Crippen LogP contribution in [0.2, 0.25) is 0 Å². The highest BCUT2D eigenvalue weighted by Crippen LogP contribution is 2.24. The molecular formula is C26H29N5O5. The van der Waals surface area contributed by atoms with Gasteiger partial charge in [0.2, 0.25) is 11.8 Å². The number of rotatable bonds is 7. The Morgan fingerprint density at radius 3 is 2.50 bits per heavy atom. The number of likely N-dealkylation sites (N-methyl/N-ethyl adjacent to an activating group) is 1. The molecule has 2 aromatic rings. The third kappa shape index (κ3) is 5.67. The highest BCUT2D eigenvalue weighted by atomic mass is 16.2. The molecule has 0 saturated carbocycles. The van der Waals surface area contributed by atoms with E-state index in [-0.39, 0.29) is 29.7 Å². The monoisotopic (exact) mass is 491 g/mol. The van der Waals surface area contributed by atoms with Gasteiger partial charge in [0.05, 0.1) is 11.3 Å². The van der Waals surface area contributed by atoms with Gasteiger partial charge in [-0.2, -0.15) is 0 Å². The van der Waals surface area contributed by atoms with Crippen molar-refractivity contribution in [1.29, 1.82) is 0 Å². The second-order valence-electron chi connectivity index (χ2n) is 8.95. The summed E-state index contributed by atoms with van der Waals surface area (Å²) in [6.45, 7) is 4.66. The van der Waals surface area contributed by atoms with Crippen molar-refractivity contribution in [1.82, 2.24) is 20.4 Å². The summed E-state index contributed by atoms with van der Waals surface area (Å²) in [6.07, 6.45) is 0.821. The van der Waals surface area contributed by atoms with E-state index < -0.39 is 29.7 Å². The van der Waals surface area contributed by atoms with Crippen molar-refractivity contribution < 1.29 is 24.0 Å². The van der Waals surface area contributed by atoms with Gasteiger partial charge in [-0.15, -0.1) is 0 Å². The molecule has 0 radical (unpaired) electrons. The van der Waals surface area contributed by atoms with E-state index in [4.69, 9.17) is 0 Å². The zero-order chi connectivity index (χ0) is 25.7. The quantitative estimate of drug-likeness (QED) is 0.390. The molecule has 1 atom stereocenters. The molecule has 188 valence electrons. The Bertz CT molecular complexity index is 1170. The van der Waals surface area contributed by atoms with Crippen LogP contribution < -0.4 is 16.0 Å². The number of benzene rings is 2. The number of piperidine rings is 1. The number of nitrogens with zero attached hydrogens (tertiary/aromatic N) is 2. The topological polar surface area (TPSA) is 128 Å². The van der Waals surface area contributed by atoms with Gasteiger partial charge in [0.25, 0.3) is 11.8 Å². The molecule has 0 aromatic heterocycles. The van der Waals surface area contributed by atoms with Gasteiger partial charge in [0.1, 0.15) is 6.04 Å². The predicted octanol–water partition coefficient (Wildman–Crippen LogP) is 1.03. The standard InChI is InChI=1S/C26H29N5O5/c1-30(21-9-10-22(33)29-25(21)35)26(36)23-19(16-32)3-2-4-20(23)28-24(34)18-7-5-17(6-8-18)15-31-13-11-27-12-14-31/h2-8,16,21,27H,9-15H2,1H3,(H,28,34)(H,29,33,35). The van der Waals surface area contributed by atoms with Crippen LogP contribution in [0.15, 0.2) is 42.5 Å². The van der Waals surface area contributed by atoms with Gasteiger partial charge in [-0.3, -0.25) is 34.2 Å². The number of hydrogen-bond acceptors (Lipinski definition) is 7. The number of piperazine rings is 1. The maximum atomic E-state index is 13.4. The number of anilines is 1. The van der Waals surface area contributed by atoms with E-state index >= 15 is 0 Å². The Balaban J connectivity index is 1.51. The number of aldehydes is 1. The molecule has 10 nitrogen and oxygen atoms in total. The van der Waals surface area contributed by atoms with E-state index in [0.717, 1.165) is 38.3 Å². The lowest BCUT2D eigenvalue weighted by Gasteiger charge is -2.30. The lowest BCUT2D eigenvalue weighted by molar-refractivity contribution is -0.136. The summed E-state index contributed by atoms with van der Waals surface area (Å²) in [5.41, 5.74) is 1.75. The van der Waals surface area contributed by atoms with Crippen LogP contribution in [0.25, 0.3) is 0 Å². The molecule has 2 heterocycles. The van der Waals surface area contributed by atoms with Gasteiger partial charge in [0.15, 0.2) is 6.29 Å². The molecule has 4 rings (SSSR count). The lowest BCUT2D eigenvalue weighted by atomic mass is 10.0. The smallest absolute Gasteiger partial charge is 0.257 e. The maximum absolute atomic E-state index is 13.4. The van der Waals surface area contributed by atoms with Crippen molar-refractivity contribution in [3.05, 3.63) is 64.7 Å². The normalized spacial score (nSPS) is 18.3. The molecule has 1 unspecified atom stereocenters. The number of carbonyl (C=O) groups excluding carboxylic acids is 5. The van der Waals surface area contributed by atoms with Crippen LogP contribution in [-0.2, 0) is 16.1 Å². The number of nitrogens with one attached hydrogen (secondary N) is 3. The first kappa shape index (κ1) is 25.2. The predicted molar refractivity (Wildman–Crippen MR) is 133 cm³/mol. The molecule has 4 amide bonds. The Hall–Kier alpha value is -3.89. The molecule has 0 bridgehead atoms. The second-order valence-corrected chi connectivity index (χ2v) is 8.95. The van der Waals surface area contributed by atoms with Crippen LogP contribution in [0, 0.1) is 0 Å². The second kappa shape index (κ2) is 11.2. The Morgan fingerprint density at radius 2 is 1.83 bits per heavy atom. The van der Waals surface area contributed by atoms with Gasteiger partial charge in [-0.25, -0.2) is 0 Å². The van der Waals surface area contributed by atoms with Crippen LogP contribution in [0.3, 0.4) is 0 Å². The van der Waals surface area contributed by atoms with E-state index in [1.807, 2.05) is 12.1 Å². The van der Waals surface area contributed by atoms with E-state index in [1.165, 1.54) is 24.1 Å². The maximum Gasteiger partial charge on any atom is 0.257 e. The first-order valence-electron chi connectivity index (χ1n) is 11.9. The highest BCUT2D eigenvalue weighted by Gasteiger charge is 2.34. The van der Waals surface area contributed by atoms with Crippen molar-refractivity contribution in [3.63, 3.8) is 0 Å². The molecule has 2 aromatic carbocycles. The number of hydrogen-bond donors (Lipinski definition) is 3. The summed E-state index contributed by atoms with van der Waals surface area (Å²) < 4.78 is 0. The third-order valence-corrected chi connectivity index (χ3v) is 6.52. The minimum Gasteiger partial charge on any atom is -0.330 e.